The van der Waals surface area contributed by atoms with E-state index in [0.717, 1.165) is 18.2 Å². The normalized spacial score (nSPS) is 12.8. The lowest BCUT2D eigenvalue weighted by Gasteiger charge is -2.16. The van der Waals surface area contributed by atoms with Gasteiger partial charge in [-0.25, -0.2) is 4.79 Å². The van der Waals surface area contributed by atoms with Crippen molar-refractivity contribution in [3.8, 4) is 0 Å². The summed E-state index contributed by atoms with van der Waals surface area (Å²) in [4.78, 5) is 22.8. The molecule has 2 N–H and O–H groups in total. The van der Waals surface area contributed by atoms with Crippen LogP contribution in [0.25, 0.3) is 0 Å². The summed E-state index contributed by atoms with van der Waals surface area (Å²) in [6.45, 7) is 1.52. The first-order valence-electron chi connectivity index (χ1n) is 6.05. The fourth-order valence-corrected chi connectivity index (χ4v) is 1.57. The third-order valence-corrected chi connectivity index (χ3v) is 2.57. The average Bonchev–Trinajstić information content (AvgIpc) is 2.42. The first-order valence-corrected chi connectivity index (χ1v) is 6.05. The van der Waals surface area contributed by atoms with Crippen LogP contribution in [0, 0.1) is 0 Å². The summed E-state index contributed by atoms with van der Waals surface area (Å²) in [5.41, 5.74) is -1.75. The fraction of sp³-hybridized carbons (Fsp3) is 0.385. The topological polar surface area (TPSA) is 75.6 Å². The molecule has 0 unspecified atom stereocenters. The molecule has 21 heavy (non-hydrogen) atoms. The highest BCUT2D eigenvalue weighted by Crippen LogP contribution is 2.31. The second kappa shape index (κ2) is 7.07. The molecule has 0 aliphatic heterocycles. The highest BCUT2D eigenvalue weighted by Gasteiger charge is 2.35. The summed E-state index contributed by atoms with van der Waals surface area (Å²) in [5, 5.41) is 10.9. The summed E-state index contributed by atoms with van der Waals surface area (Å²) in [6.07, 6.45) is -4.70. The average molecular weight is 305 g/mol. The van der Waals surface area contributed by atoms with E-state index in [-0.39, 0.29) is 13.2 Å². The van der Waals surface area contributed by atoms with Gasteiger partial charge < -0.3 is 15.2 Å². The lowest BCUT2D eigenvalue weighted by atomic mass is 10.1. The maximum atomic E-state index is 12.8. The summed E-state index contributed by atoms with van der Waals surface area (Å²) in [7, 11) is 0. The van der Waals surface area contributed by atoms with Gasteiger partial charge >= 0.3 is 12.1 Å². The van der Waals surface area contributed by atoms with Gasteiger partial charge in [0.15, 0.2) is 6.04 Å². The van der Waals surface area contributed by atoms with Gasteiger partial charge in [0.1, 0.15) is 0 Å². The number of amides is 1. The second-order valence-electron chi connectivity index (χ2n) is 4.07. The molecule has 0 fully saturated rings. The summed E-state index contributed by atoms with van der Waals surface area (Å²) in [6, 6.07) is 2.74. The van der Waals surface area contributed by atoms with E-state index >= 15 is 0 Å². The zero-order valence-electron chi connectivity index (χ0n) is 11.1. The SMILES string of the molecule is CCOC[C@H](NC(=O)c1ccccc1C(F)(F)F)C(=O)O. The summed E-state index contributed by atoms with van der Waals surface area (Å²) in [5.74, 6) is -2.50. The van der Waals surface area contributed by atoms with Gasteiger partial charge in [-0.1, -0.05) is 12.1 Å². The van der Waals surface area contributed by atoms with Gasteiger partial charge in [0.05, 0.1) is 17.7 Å². The molecular weight excluding hydrogens is 291 g/mol. The molecule has 0 aliphatic carbocycles. The first-order chi connectivity index (χ1) is 9.77. The Morgan fingerprint density at radius 1 is 1.33 bits per heavy atom. The Morgan fingerprint density at radius 2 is 1.95 bits per heavy atom. The van der Waals surface area contributed by atoms with Crippen LogP contribution >= 0.6 is 0 Å². The van der Waals surface area contributed by atoms with Gasteiger partial charge in [0.25, 0.3) is 5.91 Å². The predicted octanol–water partition coefficient (Wildman–Crippen LogP) is 1.92. The molecule has 0 saturated carbocycles. The standard InChI is InChI=1S/C13H14F3NO4/c1-2-21-7-10(12(19)20)17-11(18)8-5-3-4-6-9(8)13(14,15)16/h3-6,10H,2,7H2,1H3,(H,17,18)(H,19,20)/t10-/m0/s1. The van der Waals surface area contributed by atoms with Crippen LogP contribution in [0.1, 0.15) is 22.8 Å². The first kappa shape index (κ1) is 17.0. The molecular formula is C13H14F3NO4. The molecule has 0 aliphatic rings. The fourth-order valence-electron chi connectivity index (χ4n) is 1.57. The number of nitrogens with one attached hydrogen (secondary N) is 1. The molecule has 5 nitrogen and oxygen atoms in total. The van der Waals surface area contributed by atoms with E-state index in [9.17, 15) is 22.8 Å². The van der Waals surface area contributed by atoms with Crippen molar-refractivity contribution in [1.29, 1.82) is 0 Å². The Morgan fingerprint density at radius 3 is 2.48 bits per heavy atom. The van der Waals surface area contributed by atoms with Gasteiger partial charge in [-0.15, -0.1) is 0 Å². The highest BCUT2D eigenvalue weighted by molar-refractivity contribution is 5.98. The van der Waals surface area contributed by atoms with Crippen molar-refractivity contribution in [1.82, 2.24) is 5.32 Å². The highest BCUT2D eigenvalue weighted by atomic mass is 19.4. The third-order valence-electron chi connectivity index (χ3n) is 2.57. The number of carboxylic acid groups (broad SMARTS) is 1. The quantitative estimate of drug-likeness (QED) is 0.842. The molecule has 116 valence electrons. The van der Waals surface area contributed by atoms with E-state index in [2.05, 4.69) is 0 Å². The van der Waals surface area contributed by atoms with Gasteiger partial charge in [0.2, 0.25) is 0 Å². The molecule has 0 heterocycles. The monoisotopic (exact) mass is 305 g/mol. The van der Waals surface area contributed by atoms with Crippen molar-refractivity contribution in [2.75, 3.05) is 13.2 Å². The van der Waals surface area contributed by atoms with Gasteiger partial charge in [-0.05, 0) is 19.1 Å². The molecule has 1 aromatic carbocycles. The third kappa shape index (κ3) is 4.75. The van der Waals surface area contributed by atoms with Crippen molar-refractivity contribution >= 4 is 11.9 Å². The number of rotatable bonds is 6. The van der Waals surface area contributed by atoms with Crippen LogP contribution in [0.5, 0.6) is 0 Å². The Labute approximate surface area is 118 Å². The zero-order chi connectivity index (χ0) is 16.0. The second-order valence-corrected chi connectivity index (χ2v) is 4.07. The van der Waals surface area contributed by atoms with Crippen molar-refractivity contribution < 1.29 is 32.6 Å². The van der Waals surface area contributed by atoms with Crippen LogP contribution in [-0.2, 0) is 15.7 Å². The van der Waals surface area contributed by atoms with Gasteiger partial charge in [-0.2, -0.15) is 13.2 Å². The Bertz CT molecular complexity index is 516. The minimum atomic E-state index is -4.70. The molecule has 0 radical (unpaired) electrons. The number of halogens is 3. The molecule has 0 bridgehead atoms. The molecule has 0 aromatic heterocycles. The number of carboxylic acids is 1. The molecule has 1 rings (SSSR count). The van der Waals surface area contributed by atoms with Crippen molar-refractivity contribution in [3.63, 3.8) is 0 Å². The van der Waals surface area contributed by atoms with Crippen molar-refractivity contribution in [3.05, 3.63) is 35.4 Å². The van der Waals surface area contributed by atoms with Crippen LogP contribution in [0.2, 0.25) is 0 Å². The maximum absolute atomic E-state index is 12.8. The van der Waals surface area contributed by atoms with E-state index < -0.39 is 35.2 Å². The minimum Gasteiger partial charge on any atom is -0.480 e. The Kier molecular flexibility index (Phi) is 5.71. The lowest BCUT2D eigenvalue weighted by Crippen LogP contribution is -2.44. The number of ether oxygens (including phenoxy) is 1. The molecule has 1 amide bonds. The number of hydrogen-bond donors (Lipinski definition) is 2. The van der Waals surface area contributed by atoms with Crippen LogP contribution in [0.4, 0.5) is 13.2 Å². The van der Waals surface area contributed by atoms with Crippen LogP contribution in [0.3, 0.4) is 0 Å². The number of alkyl halides is 3. The lowest BCUT2D eigenvalue weighted by molar-refractivity contribution is -0.140. The number of hydrogen-bond acceptors (Lipinski definition) is 3. The smallest absolute Gasteiger partial charge is 0.417 e. The van der Waals surface area contributed by atoms with Gasteiger partial charge in [-0.3, -0.25) is 4.79 Å². The molecule has 0 spiro atoms. The Hall–Kier alpha value is -2.09. The van der Waals surface area contributed by atoms with Crippen LogP contribution in [-0.4, -0.2) is 36.2 Å². The van der Waals surface area contributed by atoms with E-state index in [1.807, 2.05) is 5.32 Å². The number of aliphatic carboxylic acids is 1. The van der Waals surface area contributed by atoms with E-state index in [0.29, 0.717) is 0 Å². The zero-order valence-corrected chi connectivity index (χ0v) is 11.1. The van der Waals surface area contributed by atoms with E-state index in [1.165, 1.54) is 6.07 Å². The van der Waals surface area contributed by atoms with E-state index in [4.69, 9.17) is 9.84 Å². The van der Waals surface area contributed by atoms with Crippen molar-refractivity contribution in [2.45, 2.75) is 19.1 Å². The van der Waals surface area contributed by atoms with Crippen molar-refractivity contribution in [2.24, 2.45) is 0 Å². The number of carbonyl (C=O) groups is 2. The molecule has 1 atom stereocenters. The summed E-state index contributed by atoms with van der Waals surface area (Å²) >= 11 is 0. The Balaban J connectivity index is 2.96. The summed E-state index contributed by atoms with van der Waals surface area (Å²) < 4.78 is 43.2. The largest absolute Gasteiger partial charge is 0.480 e. The van der Waals surface area contributed by atoms with Crippen LogP contribution < -0.4 is 5.32 Å². The van der Waals surface area contributed by atoms with Crippen LogP contribution in [0.15, 0.2) is 24.3 Å². The van der Waals surface area contributed by atoms with Gasteiger partial charge in [0, 0.05) is 6.61 Å². The molecule has 8 heteroatoms. The predicted molar refractivity (Wildman–Crippen MR) is 66.8 cm³/mol. The number of benzene rings is 1. The molecule has 0 saturated heterocycles. The maximum Gasteiger partial charge on any atom is 0.417 e. The molecule has 1 aromatic rings. The number of carbonyl (C=O) groups excluding carboxylic acids is 1. The van der Waals surface area contributed by atoms with E-state index in [1.54, 1.807) is 6.92 Å². The minimum absolute atomic E-state index is 0.221.